The van der Waals surface area contributed by atoms with Crippen LogP contribution in [-0.2, 0) is 9.47 Å². The zero-order valence-electron chi connectivity index (χ0n) is 15.8. The van der Waals surface area contributed by atoms with E-state index in [4.69, 9.17) is 9.47 Å². The van der Waals surface area contributed by atoms with E-state index in [0.717, 1.165) is 26.1 Å². The molecule has 1 aliphatic carbocycles. The van der Waals surface area contributed by atoms with Crippen molar-refractivity contribution in [3.63, 3.8) is 0 Å². The van der Waals surface area contributed by atoms with Gasteiger partial charge in [-0.25, -0.2) is 0 Å². The average molecular weight is 325 g/mol. The molecule has 1 saturated carbocycles. The molecule has 1 fully saturated rings. The van der Waals surface area contributed by atoms with Crippen LogP contribution in [0.1, 0.15) is 47.5 Å². The fourth-order valence-electron chi connectivity index (χ4n) is 4.44. The Balaban J connectivity index is 3.30. The minimum Gasteiger partial charge on any atom is -0.384 e. The van der Waals surface area contributed by atoms with Crippen LogP contribution in [-0.4, -0.2) is 35.5 Å². The molecule has 0 aromatic heterocycles. The van der Waals surface area contributed by atoms with Crippen molar-refractivity contribution in [2.75, 3.05) is 27.4 Å². The predicted molar refractivity (Wildman–Crippen MR) is 99.1 cm³/mol. The van der Waals surface area contributed by atoms with Crippen LogP contribution in [0, 0.1) is 5.41 Å². The molecule has 0 unspecified atom stereocenters. The molecule has 0 N–H and O–H groups in total. The summed E-state index contributed by atoms with van der Waals surface area (Å²) in [5.41, 5.74) is 3.31. The first-order valence-electron chi connectivity index (χ1n) is 8.81. The lowest BCUT2D eigenvalue weighted by Gasteiger charge is -2.32. The second-order valence-electron chi connectivity index (χ2n) is 6.98. The average Bonchev–Trinajstić information content (AvgIpc) is 2.89. The van der Waals surface area contributed by atoms with Gasteiger partial charge in [0.15, 0.2) is 0 Å². The molecular weight excluding hydrogens is 288 g/mol. The van der Waals surface area contributed by atoms with E-state index in [1.807, 2.05) is 14.2 Å². The first-order chi connectivity index (χ1) is 10.5. The normalized spacial score (nSPS) is 22.4. The number of rotatable bonds is 8. The van der Waals surface area contributed by atoms with E-state index in [9.17, 15) is 0 Å². The number of allylic oxidation sites excluding steroid dienone is 4. The molecule has 0 heterocycles. The third kappa shape index (κ3) is 3.74. The zero-order valence-corrected chi connectivity index (χ0v) is 16.8. The summed E-state index contributed by atoms with van der Waals surface area (Å²) in [6, 6.07) is 4.07. The summed E-state index contributed by atoms with van der Waals surface area (Å²) in [4.78, 5) is 0. The standard InChI is InChI=1S/C19H36O2Si/c1-8-17-12-19(14-20-6,15-21-7)13-18(17)16(5)22(9-2,10-3)11-4/h8H,9-15H2,1-7H3/b17-8+,18-16-. The molecule has 2 nitrogen and oxygen atoms in total. The predicted octanol–water partition coefficient (Wildman–Crippen LogP) is 5.37. The van der Waals surface area contributed by atoms with Gasteiger partial charge in [-0.2, -0.15) is 0 Å². The van der Waals surface area contributed by atoms with Gasteiger partial charge in [-0.3, -0.25) is 0 Å². The summed E-state index contributed by atoms with van der Waals surface area (Å²) < 4.78 is 11.1. The van der Waals surface area contributed by atoms with Gasteiger partial charge in [0.05, 0.1) is 21.3 Å². The minimum absolute atomic E-state index is 0.136. The number of hydrogen-bond donors (Lipinski definition) is 0. The van der Waals surface area contributed by atoms with Crippen molar-refractivity contribution in [2.45, 2.75) is 65.6 Å². The third-order valence-electron chi connectivity index (χ3n) is 6.03. The highest BCUT2D eigenvalue weighted by molar-refractivity contribution is 6.86. The van der Waals surface area contributed by atoms with Crippen molar-refractivity contribution in [3.8, 4) is 0 Å². The summed E-state index contributed by atoms with van der Waals surface area (Å²) in [7, 11) is 2.32. The Hall–Kier alpha value is -0.383. The van der Waals surface area contributed by atoms with Crippen LogP contribution in [0.2, 0.25) is 18.1 Å². The van der Waals surface area contributed by atoms with Gasteiger partial charge in [-0.15, -0.1) is 0 Å². The highest BCUT2D eigenvalue weighted by atomic mass is 28.3. The largest absolute Gasteiger partial charge is 0.384 e. The molecule has 128 valence electrons. The molecule has 3 heteroatoms. The van der Waals surface area contributed by atoms with Gasteiger partial charge in [-0.1, -0.05) is 50.2 Å². The number of hydrogen-bond acceptors (Lipinski definition) is 2. The van der Waals surface area contributed by atoms with E-state index in [0.29, 0.717) is 0 Å². The van der Waals surface area contributed by atoms with Crippen LogP contribution in [0.15, 0.2) is 22.4 Å². The van der Waals surface area contributed by atoms with Crippen LogP contribution in [0.4, 0.5) is 0 Å². The molecule has 1 rings (SSSR count). The van der Waals surface area contributed by atoms with Crippen molar-refractivity contribution in [1.82, 2.24) is 0 Å². The van der Waals surface area contributed by atoms with Gasteiger partial charge in [0.1, 0.15) is 0 Å². The maximum Gasteiger partial charge on any atom is 0.0807 e. The molecule has 0 aromatic carbocycles. The Bertz CT molecular complexity index is 405. The Morgan fingerprint density at radius 2 is 1.55 bits per heavy atom. The molecule has 0 radical (unpaired) electrons. The smallest absolute Gasteiger partial charge is 0.0807 e. The molecular formula is C19H36O2Si. The third-order valence-corrected chi connectivity index (χ3v) is 12.0. The Morgan fingerprint density at radius 1 is 1.05 bits per heavy atom. The van der Waals surface area contributed by atoms with Crippen molar-refractivity contribution in [1.29, 1.82) is 0 Å². The highest BCUT2D eigenvalue weighted by Gasteiger charge is 2.42. The fourth-order valence-corrected chi connectivity index (χ4v) is 8.42. The summed E-state index contributed by atoms with van der Waals surface area (Å²) in [5, 5.41) is 1.74. The summed E-state index contributed by atoms with van der Waals surface area (Å²) in [6.45, 7) is 13.4. The molecule has 1 aliphatic rings. The van der Waals surface area contributed by atoms with E-state index in [2.05, 4.69) is 40.7 Å². The zero-order chi connectivity index (χ0) is 16.8. The maximum absolute atomic E-state index is 5.55. The van der Waals surface area contributed by atoms with Crippen LogP contribution in [0.3, 0.4) is 0 Å². The Labute approximate surface area is 139 Å². The minimum atomic E-state index is -1.30. The lowest BCUT2D eigenvalue weighted by molar-refractivity contribution is 0.0189. The fraction of sp³-hybridized carbons (Fsp3) is 0.789. The van der Waals surface area contributed by atoms with Crippen LogP contribution >= 0.6 is 0 Å². The quantitative estimate of drug-likeness (QED) is 0.559. The van der Waals surface area contributed by atoms with Gasteiger partial charge in [0, 0.05) is 19.6 Å². The number of methoxy groups -OCH3 is 2. The molecule has 0 aliphatic heterocycles. The Kier molecular flexibility index (Phi) is 7.56. The van der Waals surface area contributed by atoms with E-state index in [1.54, 1.807) is 16.3 Å². The number of ether oxygens (including phenoxy) is 2. The van der Waals surface area contributed by atoms with Crippen molar-refractivity contribution < 1.29 is 9.47 Å². The SMILES string of the molecule is C/C=C1\CC(COC)(COC)C\C1=C(/C)[Si](CC)(CC)CC. The van der Waals surface area contributed by atoms with Crippen LogP contribution < -0.4 is 0 Å². The topological polar surface area (TPSA) is 18.5 Å². The second kappa shape index (κ2) is 8.46. The molecule has 0 saturated heterocycles. The first kappa shape index (κ1) is 19.7. The van der Waals surface area contributed by atoms with Crippen molar-refractivity contribution in [3.05, 3.63) is 22.4 Å². The second-order valence-corrected chi connectivity index (χ2v) is 12.4. The summed E-state index contributed by atoms with van der Waals surface area (Å²) in [5.74, 6) is 0. The van der Waals surface area contributed by atoms with Gasteiger partial charge in [0.2, 0.25) is 0 Å². The van der Waals surface area contributed by atoms with Crippen LogP contribution in [0.5, 0.6) is 0 Å². The summed E-state index contributed by atoms with van der Waals surface area (Å²) in [6.07, 6.45) is 4.54. The van der Waals surface area contributed by atoms with Gasteiger partial charge in [-0.05, 0) is 37.8 Å². The highest BCUT2D eigenvalue weighted by Crippen LogP contribution is 2.48. The first-order valence-corrected chi connectivity index (χ1v) is 11.4. The molecule has 0 atom stereocenters. The molecule has 0 spiro atoms. The summed E-state index contributed by atoms with van der Waals surface area (Å²) >= 11 is 0. The molecule has 0 amide bonds. The Morgan fingerprint density at radius 3 is 1.91 bits per heavy atom. The van der Waals surface area contributed by atoms with E-state index >= 15 is 0 Å². The lowest BCUT2D eigenvalue weighted by atomic mass is 9.87. The van der Waals surface area contributed by atoms with Gasteiger partial charge >= 0.3 is 0 Å². The van der Waals surface area contributed by atoms with Gasteiger partial charge < -0.3 is 9.47 Å². The maximum atomic E-state index is 5.55. The van der Waals surface area contributed by atoms with E-state index in [1.165, 1.54) is 18.1 Å². The molecule has 22 heavy (non-hydrogen) atoms. The van der Waals surface area contributed by atoms with Gasteiger partial charge in [0.25, 0.3) is 0 Å². The van der Waals surface area contributed by atoms with Crippen molar-refractivity contribution >= 4 is 8.07 Å². The molecule has 0 bridgehead atoms. The lowest BCUT2D eigenvalue weighted by Crippen LogP contribution is -2.34. The van der Waals surface area contributed by atoms with E-state index < -0.39 is 8.07 Å². The molecule has 0 aromatic rings. The van der Waals surface area contributed by atoms with Crippen LogP contribution in [0.25, 0.3) is 0 Å². The van der Waals surface area contributed by atoms with Crippen molar-refractivity contribution in [2.24, 2.45) is 5.41 Å². The van der Waals surface area contributed by atoms with E-state index in [-0.39, 0.29) is 5.41 Å². The monoisotopic (exact) mass is 324 g/mol.